The number of alkyl halides is 3. The number of hydrogen-bond acceptors (Lipinski definition) is 3. The summed E-state index contributed by atoms with van der Waals surface area (Å²) in [4.78, 5) is 0. The van der Waals surface area contributed by atoms with Gasteiger partial charge in [-0.15, -0.1) is 11.8 Å². The van der Waals surface area contributed by atoms with Crippen LogP contribution < -0.4 is 0 Å². The molecule has 0 aliphatic carbocycles. The molecule has 2 aromatic rings. The molecule has 1 aliphatic rings. The van der Waals surface area contributed by atoms with Crippen molar-refractivity contribution in [1.82, 2.24) is 0 Å². The summed E-state index contributed by atoms with van der Waals surface area (Å²) in [6.45, 7) is 3.26. The molecule has 29 heavy (non-hydrogen) atoms. The van der Waals surface area contributed by atoms with Crippen molar-refractivity contribution in [3.05, 3.63) is 65.6 Å². The summed E-state index contributed by atoms with van der Waals surface area (Å²) in [6.07, 6.45) is -3.97. The van der Waals surface area contributed by atoms with Crippen molar-refractivity contribution in [2.45, 2.75) is 43.9 Å². The van der Waals surface area contributed by atoms with Crippen molar-refractivity contribution in [2.24, 2.45) is 5.92 Å². The molecule has 0 spiro atoms. The quantitative estimate of drug-likeness (QED) is 0.575. The van der Waals surface area contributed by atoms with E-state index in [1.54, 1.807) is 37.5 Å². The van der Waals surface area contributed by atoms with Gasteiger partial charge in [0.25, 0.3) is 0 Å². The van der Waals surface area contributed by atoms with Gasteiger partial charge in [-0.1, -0.05) is 56.3 Å². The molecular weight excluding hydrogens is 397 g/mol. The third-order valence-corrected chi connectivity index (χ3v) is 6.42. The van der Waals surface area contributed by atoms with Crippen molar-refractivity contribution in [2.75, 3.05) is 5.75 Å². The number of aliphatic hydroxyl groups is 1. The van der Waals surface area contributed by atoms with E-state index in [1.807, 2.05) is 30.3 Å². The second-order valence-electron chi connectivity index (χ2n) is 8.31. The Morgan fingerprint density at radius 3 is 2.31 bits per heavy atom. The first kappa shape index (κ1) is 21.8. The smallest absolute Gasteiger partial charge is 0.417 e. The topological polar surface area (TPSA) is 40.5 Å². The van der Waals surface area contributed by atoms with E-state index in [0.29, 0.717) is 11.3 Å². The Bertz CT molecular complexity index is 877. The highest BCUT2D eigenvalue weighted by molar-refractivity contribution is 8.02. The second kappa shape index (κ2) is 8.07. The summed E-state index contributed by atoms with van der Waals surface area (Å²) in [5.74, 6) is 0.135. The molecule has 2 unspecified atom stereocenters. The zero-order valence-electron chi connectivity index (χ0n) is 16.4. The van der Waals surface area contributed by atoms with Crippen LogP contribution in [0, 0.1) is 5.92 Å². The Morgan fingerprint density at radius 2 is 1.72 bits per heavy atom. The van der Waals surface area contributed by atoms with Crippen LogP contribution in [-0.2, 0) is 5.41 Å². The number of rotatable bonds is 6. The van der Waals surface area contributed by atoms with Crippen LogP contribution in [0.1, 0.15) is 32.3 Å². The summed E-state index contributed by atoms with van der Waals surface area (Å²) in [7, 11) is 0. The van der Waals surface area contributed by atoms with Crippen LogP contribution in [-0.4, -0.2) is 27.7 Å². The Hall–Kier alpha value is -1.92. The lowest BCUT2D eigenvalue weighted by atomic mass is 9.71. The lowest BCUT2D eigenvalue weighted by Crippen LogP contribution is -2.50. The van der Waals surface area contributed by atoms with Gasteiger partial charge in [-0.25, -0.2) is 0 Å². The molecule has 156 valence electrons. The van der Waals surface area contributed by atoms with Gasteiger partial charge in [0, 0.05) is 11.3 Å². The summed E-state index contributed by atoms with van der Waals surface area (Å²) < 4.78 is 41.7. The number of halogens is 3. The molecule has 0 fully saturated rings. The lowest BCUT2D eigenvalue weighted by Gasteiger charge is -2.39. The minimum atomic E-state index is -4.77. The average Bonchev–Trinajstić information content (AvgIpc) is 3.14. The van der Waals surface area contributed by atoms with E-state index >= 15 is 0 Å². The number of aromatic hydroxyl groups is 1. The molecule has 2 N–H and O–H groups in total. The van der Waals surface area contributed by atoms with Gasteiger partial charge in [0.05, 0.1) is 0 Å². The van der Waals surface area contributed by atoms with Gasteiger partial charge in [-0.3, -0.25) is 0 Å². The standard InChI is InChI=1S/C23H25F3O2S/c1-21(2,15-22(28,23(24,25)26)13-16-10-11-29-14-16)19-12-18(8-9-20(19)27)17-6-4-3-5-7-17/h3-12,16,27-28H,13-15H2,1-2H3. The molecule has 0 saturated carbocycles. The van der Waals surface area contributed by atoms with Crippen LogP contribution in [0.4, 0.5) is 13.2 Å². The Balaban J connectivity index is 1.95. The molecule has 2 atom stereocenters. The summed E-state index contributed by atoms with van der Waals surface area (Å²) in [5.41, 5.74) is -1.85. The molecule has 0 amide bonds. The zero-order valence-corrected chi connectivity index (χ0v) is 17.2. The van der Waals surface area contributed by atoms with Crippen LogP contribution in [0.15, 0.2) is 60.0 Å². The van der Waals surface area contributed by atoms with Gasteiger partial charge >= 0.3 is 6.18 Å². The first-order valence-electron chi connectivity index (χ1n) is 9.48. The molecule has 3 rings (SSSR count). The van der Waals surface area contributed by atoms with Gasteiger partial charge in [-0.05, 0) is 52.8 Å². The monoisotopic (exact) mass is 422 g/mol. The Kier molecular flexibility index (Phi) is 6.06. The first-order chi connectivity index (χ1) is 13.5. The van der Waals surface area contributed by atoms with Crippen molar-refractivity contribution >= 4 is 11.8 Å². The molecule has 0 bridgehead atoms. The van der Waals surface area contributed by atoms with Crippen LogP contribution in [0.2, 0.25) is 0 Å². The summed E-state index contributed by atoms with van der Waals surface area (Å²) in [5, 5.41) is 22.9. The molecule has 1 aliphatic heterocycles. The second-order valence-corrected chi connectivity index (χ2v) is 9.25. The van der Waals surface area contributed by atoms with Crippen LogP contribution in [0.25, 0.3) is 11.1 Å². The van der Waals surface area contributed by atoms with Gasteiger partial charge in [0.1, 0.15) is 5.75 Å². The van der Waals surface area contributed by atoms with Gasteiger partial charge < -0.3 is 10.2 Å². The molecule has 6 heteroatoms. The number of allylic oxidation sites excluding steroid dienone is 1. The third kappa shape index (κ3) is 4.81. The van der Waals surface area contributed by atoms with Crippen molar-refractivity contribution in [3.8, 4) is 16.9 Å². The molecule has 1 heterocycles. The maximum atomic E-state index is 13.9. The van der Waals surface area contributed by atoms with E-state index in [2.05, 4.69) is 0 Å². The minimum absolute atomic E-state index is 0.0736. The van der Waals surface area contributed by atoms with Gasteiger partial charge in [0.15, 0.2) is 5.60 Å². The zero-order chi connectivity index (χ0) is 21.3. The predicted molar refractivity (Wildman–Crippen MR) is 112 cm³/mol. The first-order valence-corrected chi connectivity index (χ1v) is 10.5. The molecule has 2 nitrogen and oxygen atoms in total. The maximum absolute atomic E-state index is 13.9. The molecule has 2 aromatic carbocycles. The number of hydrogen-bond donors (Lipinski definition) is 2. The highest BCUT2D eigenvalue weighted by Crippen LogP contribution is 2.47. The molecule has 0 aromatic heterocycles. The highest BCUT2D eigenvalue weighted by Gasteiger charge is 2.56. The van der Waals surface area contributed by atoms with Gasteiger partial charge in [-0.2, -0.15) is 13.2 Å². The van der Waals surface area contributed by atoms with E-state index in [0.717, 1.165) is 11.1 Å². The minimum Gasteiger partial charge on any atom is -0.508 e. The van der Waals surface area contributed by atoms with Crippen molar-refractivity contribution in [1.29, 1.82) is 0 Å². The van der Waals surface area contributed by atoms with Crippen LogP contribution in [0.3, 0.4) is 0 Å². The lowest BCUT2D eigenvalue weighted by molar-refractivity contribution is -0.271. The number of phenols is 1. The fourth-order valence-electron chi connectivity index (χ4n) is 3.96. The molecule has 0 radical (unpaired) electrons. The van der Waals surface area contributed by atoms with E-state index < -0.39 is 23.6 Å². The third-order valence-electron chi connectivity index (χ3n) is 5.45. The maximum Gasteiger partial charge on any atom is 0.417 e. The molecular formula is C23H25F3O2S. The largest absolute Gasteiger partial charge is 0.508 e. The van der Waals surface area contributed by atoms with Crippen molar-refractivity contribution in [3.63, 3.8) is 0 Å². The molecule has 0 saturated heterocycles. The predicted octanol–water partition coefficient (Wildman–Crippen LogP) is 6.29. The van der Waals surface area contributed by atoms with E-state index in [1.165, 1.54) is 17.8 Å². The fourth-order valence-corrected chi connectivity index (χ4v) is 4.89. The highest BCUT2D eigenvalue weighted by atomic mass is 32.2. The van der Waals surface area contributed by atoms with Crippen molar-refractivity contribution < 1.29 is 23.4 Å². The van der Waals surface area contributed by atoms with E-state index in [4.69, 9.17) is 0 Å². The van der Waals surface area contributed by atoms with Crippen LogP contribution >= 0.6 is 11.8 Å². The summed E-state index contributed by atoms with van der Waals surface area (Å²) >= 11 is 1.45. The summed E-state index contributed by atoms with van der Waals surface area (Å²) in [6, 6.07) is 14.4. The number of thioether (sulfide) groups is 1. The Morgan fingerprint density at radius 1 is 1.03 bits per heavy atom. The van der Waals surface area contributed by atoms with Gasteiger partial charge in [0.2, 0.25) is 0 Å². The number of benzene rings is 2. The average molecular weight is 423 g/mol. The number of phenolic OH excluding ortho intramolecular Hbond substituents is 1. The van der Waals surface area contributed by atoms with E-state index in [9.17, 15) is 23.4 Å². The fraction of sp³-hybridized carbons (Fsp3) is 0.391. The van der Waals surface area contributed by atoms with Crippen LogP contribution in [0.5, 0.6) is 5.75 Å². The normalized spacial score (nSPS) is 19.3. The van der Waals surface area contributed by atoms with E-state index in [-0.39, 0.29) is 18.1 Å². The Labute approximate surface area is 173 Å². The SMILES string of the molecule is CC(C)(CC(O)(CC1C=CSC1)C(F)(F)F)c1cc(-c2ccccc2)ccc1O.